The Hall–Kier alpha value is -0.500. The minimum Gasteiger partial charge on any atom is -0.316 e. The van der Waals surface area contributed by atoms with Crippen molar-refractivity contribution in [3.8, 4) is 0 Å². The third-order valence-electron chi connectivity index (χ3n) is 3.76. The average molecular weight is 379 g/mol. The van der Waals surface area contributed by atoms with E-state index in [1.807, 2.05) is 13.8 Å². The van der Waals surface area contributed by atoms with Crippen molar-refractivity contribution in [2.24, 2.45) is 5.92 Å². The van der Waals surface area contributed by atoms with Gasteiger partial charge in [0.2, 0.25) is 10.0 Å². The van der Waals surface area contributed by atoms with Gasteiger partial charge in [0.25, 0.3) is 0 Å². The van der Waals surface area contributed by atoms with Crippen LogP contribution in [0, 0.1) is 11.7 Å². The number of hydrogen-bond acceptors (Lipinski definition) is 3. The number of sulfonamides is 1. The molecular weight excluding hydrogens is 359 g/mol. The van der Waals surface area contributed by atoms with E-state index in [9.17, 15) is 12.8 Å². The van der Waals surface area contributed by atoms with Crippen LogP contribution in [0.3, 0.4) is 0 Å². The average Bonchev–Trinajstić information content (AvgIpc) is 2.73. The smallest absolute Gasteiger partial charge is 0.246 e. The highest BCUT2D eigenvalue weighted by Gasteiger charge is 2.38. The van der Waals surface area contributed by atoms with Crippen LogP contribution in [0.5, 0.6) is 0 Å². The van der Waals surface area contributed by atoms with E-state index in [1.165, 1.54) is 10.4 Å². The number of benzene rings is 1. The summed E-state index contributed by atoms with van der Waals surface area (Å²) in [6.07, 6.45) is 0.804. The molecule has 21 heavy (non-hydrogen) atoms. The Kier molecular flexibility index (Phi) is 5.07. The molecule has 1 aromatic carbocycles. The summed E-state index contributed by atoms with van der Waals surface area (Å²) < 4.78 is 42.0. The molecule has 0 aromatic heterocycles. The van der Waals surface area contributed by atoms with E-state index in [2.05, 4.69) is 21.2 Å². The summed E-state index contributed by atoms with van der Waals surface area (Å²) in [5.41, 5.74) is 0.338. The maximum atomic E-state index is 14.5. The van der Waals surface area contributed by atoms with Crippen molar-refractivity contribution in [2.45, 2.75) is 37.8 Å². The molecule has 1 heterocycles. The molecule has 1 saturated heterocycles. The normalized spacial score (nSPS) is 23.7. The summed E-state index contributed by atoms with van der Waals surface area (Å²) in [5, 5.41) is 2.85. The van der Waals surface area contributed by atoms with Gasteiger partial charge < -0.3 is 5.32 Å². The third-order valence-corrected chi connectivity index (χ3v) is 6.20. The first-order valence-electron chi connectivity index (χ1n) is 6.91. The van der Waals surface area contributed by atoms with Crippen molar-refractivity contribution in [1.82, 2.24) is 9.62 Å². The van der Waals surface area contributed by atoms with Crippen LogP contribution < -0.4 is 5.32 Å². The Balaban J connectivity index is 2.50. The Morgan fingerprint density at radius 3 is 2.62 bits per heavy atom. The van der Waals surface area contributed by atoms with Gasteiger partial charge in [0.05, 0.1) is 0 Å². The number of halogens is 2. The molecule has 0 amide bonds. The Morgan fingerprint density at radius 2 is 2.10 bits per heavy atom. The van der Waals surface area contributed by atoms with E-state index in [0.29, 0.717) is 22.5 Å². The maximum Gasteiger partial charge on any atom is 0.246 e. The van der Waals surface area contributed by atoms with Crippen LogP contribution in [0.25, 0.3) is 0 Å². The summed E-state index contributed by atoms with van der Waals surface area (Å²) in [5.74, 6) is -0.374. The van der Waals surface area contributed by atoms with Crippen LogP contribution in [0.15, 0.2) is 21.5 Å². The second kappa shape index (κ2) is 6.32. The van der Waals surface area contributed by atoms with Crippen molar-refractivity contribution in [3.63, 3.8) is 0 Å². The second-order valence-electron chi connectivity index (χ2n) is 5.67. The number of nitrogens with one attached hydrogen (secondary N) is 1. The molecule has 1 aliphatic rings. The van der Waals surface area contributed by atoms with Gasteiger partial charge in [-0.2, -0.15) is 4.31 Å². The van der Waals surface area contributed by atoms with Crippen molar-refractivity contribution in [2.75, 3.05) is 13.6 Å². The van der Waals surface area contributed by atoms with Gasteiger partial charge in [-0.15, -0.1) is 0 Å². The molecular formula is C14H20BrFN2O2S. The molecule has 7 heteroatoms. The minimum atomic E-state index is -3.81. The standard InChI is InChI=1S/C14H20BrFN2O2S/c1-9-4-10(2)18(8-9)21(19,20)13-6-12(15)5-11(7-17-3)14(13)16/h5-6,9-10,17H,4,7-8H2,1-3H3. The van der Waals surface area contributed by atoms with Crippen LogP contribution in [-0.2, 0) is 16.6 Å². The van der Waals surface area contributed by atoms with E-state index in [-0.39, 0.29) is 17.5 Å². The number of rotatable bonds is 4. The molecule has 1 aromatic rings. The van der Waals surface area contributed by atoms with Gasteiger partial charge in [-0.1, -0.05) is 22.9 Å². The molecule has 118 valence electrons. The van der Waals surface area contributed by atoms with Crippen LogP contribution in [0.1, 0.15) is 25.8 Å². The van der Waals surface area contributed by atoms with Gasteiger partial charge in [0.1, 0.15) is 10.7 Å². The van der Waals surface area contributed by atoms with Gasteiger partial charge in [0, 0.05) is 29.2 Å². The number of hydrogen-bond donors (Lipinski definition) is 1. The molecule has 1 fully saturated rings. The highest BCUT2D eigenvalue weighted by molar-refractivity contribution is 9.10. The van der Waals surface area contributed by atoms with E-state index in [1.54, 1.807) is 13.1 Å². The predicted molar refractivity (Wildman–Crippen MR) is 84.0 cm³/mol. The first-order valence-corrected chi connectivity index (χ1v) is 9.15. The zero-order chi connectivity index (χ0) is 15.8. The van der Waals surface area contributed by atoms with Gasteiger partial charge in [0.15, 0.2) is 0 Å². The zero-order valence-electron chi connectivity index (χ0n) is 12.4. The molecule has 4 nitrogen and oxygen atoms in total. The van der Waals surface area contributed by atoms with Crippen molar-refractivity contribution < 1.29 is 12.8 Å². The van der Waals surface area contributed by atoms with E-state index in [4.69, 9.17) is 0 Å². The van der Waals surface area contributed by atoms with Gasteiger partial charge in [-0.25, -0.2) is 12.8 Å². The molecule has 1 N–H and O–H groups in total. The summed E-state index contributed by atoms with van der Waals surface area (Å²) in [4.78, 5) is -0.247. The summed E-state index contributed by atoms with van der Waals surface area (Å²) >= 11 is 3.27. The van der Waals surface area contributed by atoms with Crippen molar-refractivity contribution in [1.29, 1.82) is 0 Å². The fraction of sp³-hybridized carbons (Fsp3) is 0.571. The molecule has 2 rings (SSSR count). The molecule has 0 radical (unpaired) electrons. The Morgan fingerprint density at radius 1 is 1.43 bits per heavy atom. The first-order chi connectivity index (χ1) is 9.77. The van der Waals surface area contributed by atoms with Crippen LogP contribution in [-0.4, -0.2) is 32.4 Å². The van der Waals surface area contributed by atoms with Crippen molar-refractivity contribution >= 4 is 26.0 Å². The fourth-order valence-corrected chi connectivity index (χ4v) is 5.40. The summed E-state index contributed by atoms with van der Waals surface area (Å²) in [6.45, 7) is 4.59. The van der Waals surface area contributed by atoms with E-state index < -0.39 is 15.8 Å². The molecule has 2 atom stereocenters. The monoisotopic (exact) mass is 378 g/mol. The second-order valence-corrected chi connectivity index (χ2v) is 8.45. The highest BCUT2D eigenvalue weighted by Crippen LogP contribution is 2.32. The van der Waals surface area contributed by atoms with E-state index >= 15 is 0 Å². The lowest BCUT2D eigenvalue weighted by Gasteiger charge is -2.22. The van der Waals surface area contributed by atoms with E-state index in [0.717, 1.165) is 6.42 Å². The Bertz CT molecular complexity index is 636. The van der Waals surface area contributed by atoms with Crippen LogP contribution in [0.2, 0.25) is 0 Å². The quantitative estimate of drug-likeness (QED) is 0.875. The molecule has 0 spiro atoms. The lowest BCUT2D eigenvalue weighted by Crippen LogP contribution is -2.34. The SMILES string of the molecule is CNCc1cc(Br)cc(S(=O)(=O)N2CC(C)CC2C)c1F. The molecule has 1 aliphatic heterocycles. The Labute approximate surface area is 133 Å². The lowest BCUT2D eigenvalue weighted by molar-refractivity contribution is 0.401. The van der Waals surface area contributed by atoms with Gasteiger partial charge >= 0.3 is 0 Å². The molecule has 0 saturated carbocycles. The topological polar surface area (TPSA) is 49.4 Å². The zero-order valence-corrected chi connectivity index (χ0v) is 14.8. The van der Waals surface area contributed by atoms with Crippen molar-refractivity contribution in [3.05, 3.63) is 28.0 Å². The minimum absolute atomic E-state index is 0.101. The predicted octanol–water partition coefficient (Wildman–Crippen LogP) is 2.73. The summed E-state index contributed by atoms with van der Waals surface area (Å²) in [6, 6.07) is 2.84. The van der Waals surface area contributed by atoms with Crippen LogP contribution >= 0.6 is 15.9 Å². The number of nitrogens with zero attached hydrogens (tertiary/aromatic N) is 1. The van der Waals surface area contributed by atoms with Gasteiger partial charge in [-0.3, -0.25) is 0 Å². The molecule has 0 bridgehead atoms. The first kappa shape index (κ1) is 16.9. The maximum absolute atomic E-state index is 14.5. The largest absolute Gasteiger partial charge is 0.316 e. The third kappa shape index (κ3) is 3.31. The molecule has 0 aliphatic carbocycles. The molecule has 2 unspecified atom stereocenters. The lowest BCUT2D eigenvalue weighted by atomic mass is 10.1. The summed E-state index contributed by atoms with van der Waals surface area (Å²) in [7, 11) is -2.12. The van der Waals surface area contributed by atoms with Crippen LogP contribution in [0.4, 0.5) is 4.39 Å². The van der Waals surface area contributed by atoms with Gasteiger partial charge in [-0.05, 0) is 38.4 Å². The highest BCUT2D eigenvalue weighted by atomic mass is 79.9. The fourth-order valence-electron chi connectivity index (χ4n) is 2.85.